The van der Waals surface area contributed by atoms with Crippen LogP contribution in [0.1, 0.15) is 31.7 Å². The Bertz CT molecular complexity index is 1190. The highest BCUT2D eigenvalue weighted by Crippen LogP contribution is 2.31. The minimum atomic E-state index is -0.962. The number of aromatic amines is 1. The molecule has 0 radical (unpaired) electrons. The molecule has 7 nitrogen and oxygen atoms in total. The third-order valence-electron chi connectivity index (χ3n) is 4.54. The lowest BCUT2D eigenvalue weighted by atomic mass is 9.94. The maximum atomic E-state index is 12.9. The van der Waals surface area contributed by atoms with E-state index < -0.39 is 11.9 Å². The van der Waals surface area contributed by atoms with Crippen molar-refractivity contribution in [2.75, 3.05) is 0 Å². The van der Waals surface area contributed by atoms with Crippen molar-refractivity contribution in [1.82, 2.24) is 10.4 Å². The summed E-state index contributed by atoms with van der Waals surface area (Å²) in [5, 5.41) is 14.0. The Balaban J connectivity index is 2.04. The first-order valence-electron chi connectivity index (χ1n) is 9.33. The molecule has 3 aromatic rings. The fraction of sp³-hybridized carbons (Fsp3) is 0.182. The Morgan fingerprint density at radius 1 is 1.13 bits per heavy atom. The predicted octanol–water partition coefficient (Wildman–Crippen LogP) is 3.94. The number of pyridine rings is 1. The van der Waals surface area contributed by atoms with Gasteiger partial charge in [-0.1, -0.05) is 41.9 Å². The van der Waals surface area contributed by atoms with E-state index >= 15 is 0 Å². The molecule has 0 saturated heterocycles. The van der Waals surface area contributed by atoms with Crippen molar-refractivity contribution in [2.24, 2.45) is 5.10 Å². The Kier molecular flexibility index (Phi) is 6.64. The van der Waals surface area contributed by atoms with Crippen molar-refractivity contribution < 1.29 is 14.7 Å². The number of H-pyrrole nitrogens is 1. The summed E-state index contributed by atoms with van der Waals surface area (Å²) in [6, 6.07) is 14.6. The van der Waals surface area contributed by atoms with Crippen LogP contribution in [-0.2, 0) is 9.59 Å². The van der Waals surface area contributed by atoms with Crippen molar-refractivity contribution in [2.45, 2.75) is 26.2 Å². The number of fused-ring (bicyclic) bond motifs is 1. The SMILES string of the molecule is C/C(=N/NC(=O)CCCC(=O)O)c1c(-c2ccccc2)c2cc(Cl)ccc2[nH]c1=O. The highest BCUT2D eigenvalue weighted by Gasteiger charge is 2.17. The third kappa shape index (κ3) is 4.93. The van der Waals surface area contributed by atoms with Crippen molar-refractivity contribution in [3.8, 4) is 11.1 Å². The van der Waals surface area contributed by atoms with Gasteiger partial charge >= 0.3 is 5.97 Å². The lowest BCUT2D eigenvalue weighted by Crippen LogP contribution is -2.23. The number of aromatic nitrogens is 1. The van der Waals surface area contributed by atoms with Crippen LogP contribution in [0.5, 0.6) is 0 Å². The summed E-state index contributed by atoms with van der Waals surface area (Å²) in [7, 11) is 0. The third-order valence-corrected chi connectivity index (χ3v) is 4.78. The number of nitrogens with zero attached hydrogens (tertiary/aromatic N) is 1. The zero-order valence-electron chi connectivity index (χ0n) is 16.2. The fourth-order valence-electron chi connectivity index (χ4n) is 3.17. The summed E-state index contributed by atoms with van der Waals surface area (Å²) in [5.74, 6) is -1.38. The molecule has 154 valence electrons. The van der Waals surface area contributed by atoms with Gasteiger partial charge in [-0.25, -0.2) is 5.43 Å². The number of hydrogen-bond donors (Lipinski definition) is 3. The van der Waals surface area contributed by atoms with E-state index in [1.165, 1.54) is 0 Å². The molecule has 0 aliphatic carbocycles. The number of amides is 1. The quantitative estimate of drug-likeness (QED) is 0.393. The molecule has 0 bridgehead atoms. The number of halogens is 1. The van der Waals surface area contributed by atoms with E-state index in [1.54, 1.807) is 25.1 Å². The lowest BCUT2D eigenvalue weighted by Gasteiger charge is -2.13. The molecule has 0 saturated carbocycles. The summed E-state index contributed by atoms with van der Waals surface area (Å²) in [4.78, 5) is 38.2. The van der Waals surface area contributed by atoms with Crippen LogP contribution in [0.4, 0.5) is 0 Å². The van der Waals surface area contributed by atoms with Crippen LogP contribution in [0.3, 0.4) is 0 Å². The zero-order chi connectivity index (χ0) is 21.7. The molecule has 3 rings (SSSR count). The summed E-state index contributed by atoms with van der Waals surface area (Å²) in [6.07, 6.45) is 0.137. The van der Waals surface area contributed by atoms with Crippen LogP contribution >= 0.6 is 11.6 Å². The molecule has 0 aliphatic rings. The summed E-state index contributed by atoms with van der Waals surface area (Å²) in [6.45, 7) is 1.63. The Labute approximate surface area is 177 Å². The highest BCUT2D eigenvalue weighted by atomic mass is 35.5. The predicted molar refractivity (Wildman–Crippen MR) is 117 cm³/mol. The number of nitrogens with one attached hydrogen (secondary N) is 2. The first-order chi connectivity index (χ1) is 14.4. The van der Waals surface area contributed by atoms with Gasteiger partial charge in [0.15, 0.2) is 0 Å². The normalized spacial score (nSPS) is 11.5. The van der Waals surface area contributed by atoms with E-state index in [4.69, 9.17) is 16.7 Å². The molecule has 2 aromatic carbocycles. The van der Waals surface area contributed by atoms with E-state index in [9.17, 15) is 14.4 Å². The zero-order valence-corrected chi connectivity index (χ0v) is 17.0. The van der Waals surface area contributed by atoms with Gasteiger partial charge in [-0.15, -0.1) is 0 Å². The van der Waals surface area contributed by atoms with Gasteiger partial charge in [-0.2, -0.15) is 5.10 Å². The number of hydrazone groups is 1. The second-order valence-corrected chi connectivity index (χ2v) is 7.18. The average Bonchev–Trinajstić information content (AvgIpc) is 2.71. The van der Waals surface area contributed by atoms with E-state index in [0.29, 0.717) is 27.4 Å². The number of carbonyl (C=O) groups is 2. The maximum Gasteiger partial charge on any atom is 0.303 e. The average molecular weight is 426 g/mol. The number of hydrogen-bond acceptors (Lipinski definition) is 4. The van der Waals surface area contributed by atoms with Crippen LogP contribution in [0, 0.1) is 0 Å². The number of carboxylic acids is 1. The fourth-order valence-corrected chi connectivity index (χ4v) is 3.35. The van der Waals surface area contributed by atoms with Crippen molar-refractivity contribution in [3.63, 3.8) is 0 Å². The molecule has 1 heterocycles. The van der Waals surface area contributed by atoms with Crippen LogP contribution in [-0.4, -0.2) is 27.7 Å². The smallest absolute Gasteiger partial charge is 0.303 e. The Morgan fingerprint density at radius 3 is 2.57 bits per heavy atom. The van der Waals surface area contributed by atoms with Gasteiger partial charge in [0.25, 0.3) is 5.56 Å². The first kappa shape index (κ1) is 21.3. The molecular formula is C22H20ClN3O4. The summed E-state index contributed by atoms with van der Waals surface area (Å²) >= 11 is 6.20. The van der Waals surface area contributed by atoms with Gasteiger partial charge in [0.2, 0.25) is 5.91 Å². The molecule has 0 spiro atoms. The summed E-state index contributed by atoms with van der Waals surface area (Å²) < 4.78 is 0. The molecule has 1 amide bonds. The molecule has 0 aliphatic heterocycles. The van der Waals surface area contributed by atoms with E-state index in [-0.39, 0.29) is 24.8 Å². The molecule has 0 unspecified atom stereocenters. The van der Waals surface area contributed by atoms with Gasteiger partial charge in [-0.05, 0) is 37.1 Å². The minimum absolute atomic E-state index is 0.0261. The van der Waals surface area contributed by atoms with Crippen LogP contribution in [0.15, 0.2) is 58.4 Å². The van der Waals surface area contributed by atoms with E-state index in [0.717, 1.165) is 10.9 Å². The van der Waals surface area contributed by atoms with Gasteiger partial charge < -0.3 is 10.1 Å². The van der Waals surface area contributed by atoms with Crippen LogP contribution < -0.4 is 11.0 Å². The number of carbonyl (C=O) groups excluding carboxylic acids is 1. The van der Waals surface area contributed by atoms with E-state index in [2.05, 4.69) is 15.5 Å². The number of aliphatic carboxylic acids is 1. The number of benzene rings is 2. The maximum absolute atomic E-state index is 12.9. The number of carboxylic acid groups (broad SMARTS) is 1. The molecule has 3 N–H and O–H groups in total. The van der Waals surface area contributed by atoms with E-state index in [1.807, 2.05) is 30.3 Å². The minimum Gasteiger partial charge on any atom is -0.481 e. The standard InChI is InChI=1S/C22H20ClN3O4/c1-13(25-26-18(27)8-5-9-19(28)29)20-21(14-6-3-2-4-7-14)16-12-15(23)10-11-17(16)24-22(20)30/h2-4,6-7,10-12H,5,8-9H2,1H3,(H,24,30)(H,26,27)(H,28,29)/b25-13-. The van der Waals surface area contributed by atoms with Crippen molar-refractivity contribution >= 4 is 40.1 Å². The van der Waals surface area contributed by atoms with Crippen molar-refractivity contribution in [3.05, 3.63) is 69.5 Å². The molecule has 8 heteroatoms. The van der Waals surface area contributed by atoms with Crippen LogP contribution in [0.2, 0.25) is 5.02 Å². The molecule has 0 fully saturated rings. The Morgan fingerprint density at radius 2 is 1.87 bits per heavy atom. The van der Waals surface area contributed by atoms with Gasteiger partial charge in [0, 0.05) is 34.3 Å². The molecule has 0 atom stereocenters. The lowest BCUT2D eigenvalue weighted by molar-refractivity contribution is -0.137. The summed E-state index contributed by atoms with van der Waals surface area (Å²) in [5.41, 5.74) is 4.81. The first-order valence-corrected chi connectivity index (χ1v) is 9.71. The monoisotopic (exact) mass is 425 g/mol. The van der Waals surface area contributed by atoms with Gasteiger partial charge in [0.1, 0.15) is 0 Å². The molecule has 1 aromatic heterocycles. The second-order valence-electron chi connectivity index (χ2n) is 6.74. The van der Waals surface area contributed by atoms with Gasteiger partial charge in [-0.3, -0.25) is 14.4 Å². The van der Waals surface area contributed by atoms with Crippen LogP contribution in [0.25, 0.3) is 22.0 Å². The Hall–Kier alpha value is -3.45. The molecule has 30 heavy (non-hydrogen) atoms. The van der Waals surface area contributed by atoms with Crippen molar-refractivity contribution in [1.29, 1.82) is 0 Å². The molecular weight excluding hydrogens is 406 g/mol. The highest BCUT2D eigenvalue weighted by molar-refractivity contribution is 6.31. The largest absolute Gasteiger partial charge is 0.481 e. The number of rotatable bonds is 7. The van der Waals surface area contributed by atoms with Gasteiger partial charge in [0.05, 0.1) is 11.3 Å². The second kappa shape index (κ2) is 9.37. The topological polar surface area (TPSA) is 112 Å².